The standard InChI is InChI=1S/C18H19NO3/c1-2-12-3-5-13(6-4-12)19-14-7-8-15-16(18(20)21)9-10-22-17(15)11-14/h3-8,11,16,19H,2,9-10H2,1H3,(H,20,21). The second-order valence-corrected chi connectivity index (χ2v) is 5.46. The predicted octanol–water partition coefficient (Wildman–Crippen LogP) is 3.94. The number of aliphatic carboxylic acids is 1. The average molecular weight is 297 g/mol. The van der Waals surface area contributed by atoms with E-state index in [1.54, 1.807) is 0 Å². The Morgan fingerprint density at radius 1 is 1.23 bits per heavy atom. The number of nitrogens with one attached hydrogen (secondary N) is 1. The molecule has 0 saturated carbocycles. The van der Waals surface area contributed by atoms with Crippen molar-refractivity contribution in [3.05, 3.63) is 53.6 Å². The molecule has 22 heavy (non-hydrogen) atoms. The highest BCUT2D eigenvalue weighted by Crippen LogP contribution is 2.36. The number of anilines is 2. The van der Waals surface area contributed by atoms with Gasteiger partial charge in [0.25, 0.3) is 0 Å². The van der Waals surface area contributed by atoms with Crippen molar-refractivity contribution >= 4 is 17.3 Å². The molecule has 0 saturated heterocycles. The van der Waals surface area contributed by atoms with Crippen molar-refractivity contribution < 1.29 is 14.6 Å². The zero-order valence-electron chi connectivity index (χ0n) is 12.5. The summed E-state index contributed by atoms with van der Waals surface area (Å²) in [4.78, 5) is 11.3. The van der Waals surface area contributed by atoms with Gasteiger partial charge in [-0.05, 0) is 36.6 Å². The fourth-order valence-electron chi connectivity index (χ4n) is 2.71. The van der Waals surface area contributed by atoms with Gasteiger partial charge in [-0.25, -0.2) is 0 Å². The summed E-state index contributed by atoms with van der Waals surface area (Å²) >= 11 is 0. The lowest BCUT2D eigenvalue weighted by atomic mass is 9.93. The molecule has 0 spiro atoms. The molecular weight excluding hydrogens is 278 g/mol. The van der Waals surface area contributed by atoms with E-state index in [1.165, 1.54) is 5.56 Å². The summed E-state index contributed by atoms with van der Waals surface area (Å²) in [5.41, 5.74) is 3.95. The summed E-state index contributed by atoms with van der Waals surface area (Å²) in [6.07, 6.45) is 1.54. The van der Waals surface area contributed by atoms with Crippen molar-refractivity contribution in [1.29, 1.82) is 0 Å². The molecule has 1 aliphatic rings. The number of hydrogen-bond donors (Lipinski definition) is 2. The minimum absolute atomic E-state index is 0.443. The van der Waals surface area contributed by atoms with Crippen LogP contribution in [-0.2, 0) is 11.2 Å². The number of fused-ring (bicyclic) bond motifs is 1. The average Bonchev–Trinajstić information content (AvgIpc) is 2.54. The molecule has 1 atom stereocenters. The molecular formula is C18H19NO3. The quantitative estimate of drug-likeness (QED) is 0.897. The molecule has 3 rings (SSSR count). The number of benzene rings is 2. The molecule has 2 N–H and O–H groups in total. The highest BCUT2D eigenvalue weighted by molar-refractivity contribution is 5.78. The second-order valence-electron chi connectivity index (χ2n) is 5.46. The van der Waals surface area contributed by atoms with Gasteiger partial charge >= 0.3 is 5.97 Å². The van der Waals surface area contributed by atoms with Crippen molar-refractivity contribution in [2.75, 3.05) is 11.9 Å². The largest absolute Gasteiger partial charge is 0.493 e. The van der Waals surface area contributed by atoms with Gasteiger partial charge in [0.2, 0.25) is 0 Å². The van der Waals surface area contributed by atoms with Crippen LogP contribution in [0.2, 0.25) is 0 Å². The smallest absolute Gasteiger partial charge is 0.311 e. The summed E-state index contributed by atoms with van der Waals surface area (Å²) in [6.45, 7) is 2.57. The summed E-state index contributed by atoms with van der Waals surface area (Å²) in [5.74, 6) is -0.601. The van der Waals surface area contributed by atoms with Crippen LogP contribution in [-0.4, -0.2) is 17.7 Å². The van der Waals surface area contributed by atoms with E-state index in [0.717, 1.165) is 23.4 Å². The van der Waals surface area contributed by atoms with Crippen LogP contribution in [0.15, 0.2) is 42.5 Å². The van der Waals surface area contributed by atoms with Gasteiger partial charge in [0.1, 0.15) is 5.75 Å². The molecule has 1 aliphatic heterocycles. The molecule has 4 heteroatoms. The number of carbonyl (C=O) groups is 1. The second kappa shape index (κ2) is 6.10. The van der Waals surface area contributed by atoms with Gasteiger partial charge in [-0.1, -0.05) is 25.1 Å². The number of aryl methyl sites for hydroxylation is 1. The molecule has 0 bridgehead atoms. The molecule has 0 radical (unpaired) electrons. The maximum absolute atomic E-state index is 11.3. The van der Waals surface area contributed by atoms with E-state index in [2.05, 4.69) is 24.4 Å². The Balaban J connectivity index is 1.82. The van der Waals surface area contributed by atoms with E-state index >= 15 is 0 Å². The fourth-order valence-corrected chi connectivity index (χ4v) is 2.71. The predicted molar refractivity (Wildman–Crippen MR) is 86.0 cm³/mol. The first-order chi connectivity index (χ1) is 10.7. The lowest BCUT2D eigenvalue weighted by molar-refractivity contribution is -0.139. The van der Waals surface area contributed by atoms with Gasteiger partial charge in [-0.2, -0.15) is 0 Å². The summed E-state index contributed by atoms with van der Waals surface area (Å²) in [7, 11) is 0. The van der Waals surface area contributed by atoms with E-state index in [0.29, 0.717) is 18.8 Å². The van der Waals surface area contributed by atoms with Crippen molar-refractivity contribution in [3.63, 3.8) is 0 Å². The van der Waals surface area contributed by atoms with Gasteiger partial charge in [0.05, 0.1) is 12.5 Å². The maximum atomic E-state index is 11.3. The third kappa shape index (κ3) is 2.91. The summed E-state index contributed by atoms with van der Waals surface area (Å²) in [6, 6.07) is 13.9. The molecule has 0 amide bonds. The maximum Gasteiger partial charge on any atom is 0.311 e. The topological polar surface area (TPSA) is 58.6 Å². The van der Waals surface area contributed by atoms with Crippen molar-refractivity contribution in [2.45, 2.75) is 25.7 Å². The van der Waals surface area contributed by atoms with Crippen LogP contribution in [0.4, 0.5) is 11.4 Å². The van der Waals surface area contributed by atoms with Crippen LogP contribution in [0, 0.1) is 0 Å². The number of carboxylic acids is 1. The fraction of sp³-hybridized carbons (Fsp3) is 0.278. The van der Waals surface area contributed by atoms with Crippen LogP contribution in [0.3, 0.4) is 0 Å². The zero-order valence-corrected chi connectivity index (χ0v) is 12.5. The molecule has 114 valence electrons. The van der Waals surface area contributed by atoms with E-state index in [9.17, 15) is 9.90 Å². The molecule has 2 aromatic carbocycles. The highest BCUT2D eigenvalue weighted by atomic mass is 16.5. The third-order valence-corrected chi connectivity index (χ3v) is 4.00. The number of hydrogen-bond acceptors (Lipinski definition) is 3. The van der Waals surface area contributed by atoms with E-state index in [-0.39, 0.29) is 0 Å². The monoisotopic (exact) mass is 297 g/mol. The normalized spacial score (nSPS) is 16.5. The first-order valence-corrected chi connectivity index (χ1v) is 7.53. The van der Waals surface area contributed by atoms with Gasteiger partial charge < -0.3 is 15.2 Å². The Kier molecular flexibility index (Phi) is 4.00. The first-order valence-electron chi connectivity index (χ1n) is 7.53. The lowest BCUT2D eigenvalue weighted by Crippen LogP contribution is -2.20. The van der Waals surface area contributed by atoms with E-state index < -0.39 is 11.9 Å². The van der Waals surface area contributed by atoms with Crippen molar-refractivity contribution in [1.82, 2.24) is 0 Å². The molecule has 0 fully saturated rings. The van der Waals surface area contributed by atoms with Crippen LogP contribution >= 0.6 is 0 Å². The van der Waals surface area contributed by atoms with Gasteiger partial charge in [-0.3, -0.25) is 4.79 Å². The Morgan fingerprint density at radius 3 is 2.64 bits per heavy atom. The van der Waals surface area contributed by atoms with Crippen LogP contribution in [0.5, 0.6) is 5.75 Å². The Morgan fingerprint density at radius 2 is 1.95 bits per heavy atom. The molecule has 4 nitrogen and oxygen atoms in total. The Hall–Kier alpha value is -2.49. The zero-order chi connectivity index (χ0) is 15.5. The van der Waals surface area contributed by atoms with Crippen LogP contribution in [0.25, 0.3) is 0 Å². The van der Waals surface area contributed by atoms with Crippen LogP contribution < -0.4 is 10.1 Å². The highest BCUT2D eigenvalue weighted by Gasteiger charge is 2.27. The molecule has 2 aromatic rings. The Bertz CT molecular complexity index is 679. The van der Waals surface area contributed by atoms with Gasteiger partial charge in [-0.15, -0.1) is 0 Å². The minimum atomic E-state index is -0.791. The summed E-state index contributed by atoms with van der Waals surface area (Å²) in [5, 5.41) is 12.6. The minimum Gasteiger partial charge on any atom is -0.493 e. The van der Waals surface area contributed by atoms with Crippen molar-refractivity contribution in [2.24, 2.45) is 0 Å². The molecule has 0 aliphatic carbocycles. The number of rotatable bonds is 4. The van der Waals surface area contributed by atoms with Gasteiger partial charge in [0.15, 0.2) is 0 Å². The molecule has 0 aromatic heterocycles. The van der Waals surface area contributed by atoms with E-state index in [4.69, 9.17) is 4.74 Å². The first kappa shape index (κ1) is 14.4. The lowest BCUT2D eigenvalue weighted by Gasteiger charge is -2.23. The molecule has 1 unspecified atom stereocenters. The SMILES string of the molecule is CCc1ccc(Nc2ccc3c(c2)OCCC3C(=O)O)cc1. The number of ether oxygens (including phenoxy) is 1. The van der Waals surface area contributed by atoms with Crippen LogP contribution in [0.1, 0.15) is 30.4 Å². The Labute approximate surface area is 129 Å². The summed E-state index contributed by atoms with van der Waals surface area (Å²) < 4.78 is 5.62. The number of carboxylic acid groups (broad SMARTS) is 1. The van der Waals surface area contributed by atoms with Gasteiger partial charge in [0, 0.05) is 23.0 Å². The van der Waals surface area contributed by atoms with Crippen molar-refractivity contribution in [3.8, 4) is 5.75 Å². The third-order valence-electron chi connectivity index (χ3n) is 4.00. The molecule has 1 heterocycles. The van der Waals surface area contributed by atoms with E-state index in [1.807, 2.05) is 30.3 Å².